The van der Waals surface area contributed by atoms with Crippen LogP contribution in [-0.2, 0) is 16.1 Å². The molecule has 5 heteroatoms. The number of carbonyl (C=O) groups excluding carboxylic acids is 1. The first-order valence-electron chi connectivity index (χ1n) is 6.90. The average Bonchev–Trinajstić information content (AvgIpc) is 3.06. The second kappa shape index (κ2) is 5.33. The topological polar surface area (TPSA) is 56.2 Å². The van der Waals surface area contributed by atoms with Crippen molar-refractivity contribution in [3.8, 4) is 0 Å². The minimum absolute atomic E-state index is 0.200. The second-order valence-electron chi connectivity index (χ2n) is 5.56. The molecule has 19 heavy (non-hydrogen) atoms. The normalized spacial score (nSPS) is 18.1. The summed E-state index contributed by atoms with van der Waals surface area (Å²) in [5, 5.41) is 7.84. The second-order valence-corrected chi connectivity index (χ2v) is 5.56. The lowest BCUT2D eigenvalue weighted by molar-refractivity contribution is -0.151. The standard InChI is InChI=1S/C14H23N3O2/c1-5-19-13(18)14(4,15-12-6-7-12)9-17-11(3)8-10(2)16-17/h8,12,15H,5-7,9H2,1-4H3. The van der Waals surface area contributed by atoms with E-state index in [1.807, 2.05) is 38.4 Å². The van der Waals surface area contributed by atoms with Crippen LogP contribution in [0, 0.1) is 13.8 Å². The summed E-state index contributed by atoms with van der Waals surface area (Å²) in [6.45, 7) is 8.60. The summed E-state index contributed by atoms with van der Waals surface area (Å²) >= 11 is 0. The summed E-state index contributed by atoms with van der Waals surface area (Å²) in [6, 6.07) is 2.45. The van der Waals surface area contributed by atoms with Crippen molar-refractivity contribution >= 4 is 5.97 Å². The third kappa shape index (κ3) is 3.35. The van der Waals surface area contributed by atoms with Crippen LogP contribution in [-0.4, -0.2) is 33.9 Å². The van der Waals surface area contributed by atoms with E-state index in [0.29, 0.717) is 19.2 Å². The molecule has 1 saturated carbocycles. The van der Waals surface area contributed by atoms with Crippen LogP contribution in [0.15, 0.2) is 6.07 Å². The molecule has 1 aliphatic carbocycles. The minimum Gasteiger partial charge on any atom is -0.465 e. The van der Waals surface area contributed by atoms with Gasteiger partial charge < -0.3 is 4.74 Å². The van der Waals surface area contributed by atoms with Crippen LogP contribution in [0.4, 0.5) is 0 Å². The molecule has 1 aromatic heterocycles. The van der Waals surface area contributed by atoms with Crippen LogP contribution >= 0.6 is 0 Å². The van der Waals surface area contributed by atoms with Gasteiger partial charge in [-0.15, -0.1) is 0 Å². The Kier molecular flexibility index (Phi) is 3.94. The van der Waals surface area contributed by atoms with Crippen molar-refractivity contribution in [2.24, 2.45) is 0 Å². The molecular weight excluding hydrogens is 242 g/mol. The lowest BCUT2D eigenvalue weighted by Crippen LogP contribution is -2.54. The van der Waals surface area contributed by atoms with Gasteiger partial charge in [0.2, 0.25) is 0 Å². The fourth-order valence-corrected chi connectivity index (χ4v) is 2.27. The Hall–Kier alpha value is -1.36. The van der Waals surface area contributed by atoms with E-state index >= 15 is 0 Å². The van der Waals surface area contributed by atoms with Crippen LogP contribution < -0.4 is 5.32 Å². The molecule has 1 N–H and O–H groups in total. The predicted octanol–water partition coefficient (Wildman–Crippen LogP) is 1.57. The molecule has 0 radical (unpaired) electrons. The van der Waals surface area contributed by atoms with Crippen molar-refractivity contribution in [3.63, 3.8) is 0 Å². The summed E-state index contributed by atoms with van der Waals surface area (Å²) in [5.74, 6) is -0.200. The van der Waals surface area contributed by atoms with Crippen LogP contribution in [0.1, 0.15) is 38.1 Å². The van der Waals surface area contributed by atoms with Gasteiger partial charge in [0.1, 0.15) is 5.54 Å². The van der Waals surface area contributed by atoms with E-state index in [1.54, 1.807) is 0 Å². The van der Waals surface area contributed by atoms with Crippen LogP contribution in [0.3, 0.4) is 0 Å². The number of hydrogen-bond donors (Lipinski definition) is 1. The number of nitrogens with one attached hydrogen (secondary N) is 1. The molecule has 0 saturated heterocycles. The van der Waals surface area contributed by atoms with E-state index in [2.05, 4.69) is 10.4 Å². The van der Waals surface area contributed by atoms with Crippen molar-refractivity contribution in [2.75, 3.05) is 6.61 Å². The van der Waals surface area contributed by atoms with E-state index in [1.165, 1.54) is 0 Å². The number of carbonyl (C=O) groups is 1. The van der Waals surface area contributed by atoms with Crippen molar-refractivity contribution < 1.29 is 9.53 Å². The number of rotatable bonds is 6. The largest absolute Gasteiger partial charge is 0.465 e. The molecule has 0 aromatic carbocycles. The minimum atomic E-state index is -0.708. The Bertz CT molecular complexity index is 465. The predicted molar refractivity (Wildman–Crippen MR) is 72.9 cm³/mol. The van der Waals surface area contributed by atoms with E-state index in [-0.39, 0.29) is 5.97 Å². The zero-order valence-corrected chi connectivity index (χ0v) is 12.2. The van der Waals surface area contributed by atoms with E-state index in [9.17, 15) is 4.79 Å². The first-order chi connectivity index (χ1) is 8.94. The van der Waals surface area contributed by atoms with Crippen molar-refractivity contribution in [1.29, 1.82) is 0 Å². The molecule has 2 rings (SSSR count). The average molecular weight is 265 g/mol. The van der Waals surface area contributed by atoms with Gasteiger partial charge in [0.05, 0.1) is 18.8 Å². The molecular formula is C14H23N3O2. The van der Waals surface area contributed by atoms with E-state index in [4.69, 9.17) is 4.74 Å². The molecule has 1 heterocycles. The SMILES string of the molecule is CCOC(=O)C(C)(Cn1nc(C)cc1C)NC1CC1. The third-order valence-electron chi connectivity index (χ3n) is 3.40. The zero-order valence-electron chi connectivity index (χ0n) is 12.2. The Morgan fingerprint density at radius 1 is 1.58 bits per heavy atom. The Morgan fingerprint density at radius 2 is 2.26 bits per heavy atom. The number of aryl methyl sites for hydroxylation is 2. The number of hydrogen-bond acceptors (Lipinski definition) is 4. The summed E-state index contributed by atoms with van der Waals surface area (Å²) in [5.41, 5.74) is 1.32. The van der Waals surface area contributed by atoms with Gasteiger partial charge in [0, 0.05) is 11.7 Å². The number of aromatic nitrogens is 2. The van der Waals surface area contributed by atoms with Gasteiger partial charge in [-0.1, -0.05) is 0 Å². The Balaban J connectivity index is 2.16. The smallest absolute Gasteiger partial charge is 0.327 e. The molecule has 0 amide bonds. The molecule has 1 fully saturated rings. The highest BCUT2D eigenvalue weighted by atomic mass is 16.5. The summed E-state index contributed by atoms with van der Waals surface area (Å²) in [6.07, 6.45) is 2.26. The molecule has 1 aromatic rings. The zero-order chi connectivity index (χ0) is 14.0. The maximum Gasteiger partial charge on any atom is 0.327 e. The Labute approximate surface area is 114 Å². The molecule has 1 aliphatic rings. The third-order valence-corrected chi connectivity index (χ3v) is 3.40. The summed E-state index contributed by atoms with van der Waals surface area (Å²) in [7, 11) is 0. The fourth-order valence-electron chi connectivity index (χ4n) is 2.27. The van der Waals surface area contributed by atoms with Crippen LogP contribution in [0.5, 0.6) is 0 Å². The number of ether oxygens (including phenoxy) is 1. The lowest BCUT2D eigenvalue weighted by atomic mass is 10.0. The van der Waals surface area contributed by atoms with E-state index in [0.717, 1.165) is 24.2 Å². The van der Waals surface area contributed by atoms with E-state index < -0.39 is 5.54 Å². The lowest BCUT2D eigenvalue weighted by Gasteiger charge is -2.29. The van der Waals surface area contributed by atoms with Gasteiger partial charge in [0.25, 0.3) is 0 Å². The molecule has 1 unspecified atom stereocenters. The van der Waals surface area contributed by atoms with Gasteiger partial charge in [-0.2, -0.15) is 5.10 Å². The molecule has 5 nitrogen and oxygen atoms in total. The number of esters is 1. The number of nitrogens with zero attached hydrogens (tertiary/aromatic N) is 2. The van der Waals surface area contributed by atoms with Crippen molar-refractivity contribution in [3.05, 3.63) is 17.5 Å². The van der Waals surface area contributed by atoms with Crippen molar-refractivity contribution in [1.82, 2.24) is 15.1 Å². The van der Waals surface area contributed by atoms with Crippen LogP contribution in [0.2, 0.25) is 0 Å². The molecule has 106 valence electrons. The van der Waals surface area contributed by atoms with Crippen LogP contribution in [0.25, 0.3) is 0 Å². The van der Waals surface area contributed by atoms with Crippen molar-refractivity contribution in [2.45, 2.75) is 58.7 Å². The van der Waals surface area contributed by atoms with Gasteiger partial charge in [0.15, 0.2) is 0 Å². The highest BCUT2D eigenvalue weighted by Gasteiger charge is 2.40. The molecule has 0 spiro atoms. The first kappa shape index (κ1) is 14.1. The van der Waals surface area contributed by atoms with Gasteiger partial charge >= 0.3 is 5.97 Å². The van der Waals surface area contributed by atoms with Gasteiger partial charge in [-0.05, 0) is 46.6 Å². The highest BCUT2D eigenvalue weighted by molar-refractivity contribution is 5.80. The van der Waals surface area contributed by atoms with Gasteiger partial charge in [-0.25, -0.2) is 4.79 Å². The maximum atomic E-state index is 12.2. The molecule has 1 atom stereocenters. The summed E-state index contributed by atoms with van der Waals surface area (Å²) in [4.78, 5) is 12.2. The first-order valence-corrected chi connectivity index (χ1v) is 6.90. The summed E-state index contributed by atoms with van der Waals surface area (Å²) < 4.78 is 7.09. The van der Waals surface area contributed by atoms with Gasteiger partial charge in [-0.3, -0.25) is 10.00 Å². The quantitative estimate of drug-likeness (QED) is 0.793. The molecule has 0 aliphatic heterocycles. The molecule has 0 bridgehead atoms. The fraction of sp³-hybridized carbons (Fsp3) is 0.714. The Morgan fingerprint density at radius 3 is 2.74 bits per heavy atom. The maximum absolute atomic E-state index is 12.2. The monoisotopic (exact) mass is 265 g/mol. The highest BCUT2D eigenvalue weighted by Crippen LogP contribution is 2.24.